The third kappa shape index (κ3) is 5.33. The van der Waals surface area contributed by atoms with Crippen LogP contribution in [0.25, 0.3) is 11.1 Å². The summed E-state index contributed by atoms with van der Waals surface area (Å²) in [4.78, 5) is 0. The summed E-state index contributed by atoms with van der Waals surface area (Å²) in [5, 5.41) is 0. The standard InChI is InChI=1S/C29H41/c1-3-5-7-9-11-17-23-29(24-18-12-10-8-6-4-2)27-21-15-13-19-25(27)26-20-14-16-22-28(26)29/h13-15,19-22H,3-12,17-18,23-24H2,1-2H3. The monoisotopic (exact) mass is 389 g/mol. The third-order valence-electron chi connectivity index (χ3n) is 7.03. The lowest BCUT2D eigenvalue weighted by Gasteiger charge is -2.33. The lowest BCUT2D eigenvalue weighted by Crippen LogP contribution is -2.25. The smallest absolute Gasteiger partial charge is 0.0215 e. The van der Waals surface area contributed by atoms with Gasteiger partial charge in [-0.05, 0) is 47.2 Å². The van der Waals surface area contributed by atoms with Crippen LogP contribution >= 0.6 is 0 Å². The van der Waals surface area contributed by atoms with Gasteiger partial charge in [0.2, 0.25) is 0 Å². The van der Waals surface area contributed by atoms with E-state index < -0.39 is 0 Å². The summed E-state index contributed by atoms with van der Waals surface area (Å²) in [6.07, 6.45) is 19.1. The van der Waals surface area contributed by atoms with Gasteiger partial charge in [-0.1, -0.05) is 127 Å². The van der Waals surface area contributed by atoms with E-state index in [9.17, 15) is 0 Å². The molecule has 0 aromatic heterocycles. The van der Waals surface area contributed by atoms with Crippen molar-refractivity contribution in [2.75, 3.05) is 0 Å². The Labute approximate surface area is 180 Å². The first-order valence-electron chi connectivity index (χ1n) is 12.4. The van der Waals surface area contributed by atoms with Crippen molar-refractivity contribution < 1.29 is 0 Å². The van der Waals surface area contributed by atoms with Crippen molar-refractivity contribution in [2.45, 2.75) is 109 Å². The van der Waals surface area contributed by atoms with Crippen LogP contribution in [-0.4, -0.2) is 0 Å². The Morgan fingerprint density at radius 3 is 1.83 bits per heavy atom. The normalized spacial score (nSPS) is 14.0. The van der Waals surface area contributed by atoms with Crippen LogP contribution in [0, 0.1) is 6.07 Å². The zero-order valence-corrected chi connectivity index (χ0v) is 18.9. The van der Waals surface area contributed by atoms with Gasteiger partial charge in [-0.25, -0.2) is 0 Å². The van der Waals surface area contributed by atoms with Crippen LogP contribution < -0.4 is 0 Å². The van der Waals surface area contributed by atoms with Crippen molar-refractivity contribution in [1.29, 1.82) is 0 Å². The van der Waals surface area contributed by atoms with Crippen molar-refractivity contribution >= 4 is 0 Å². The van der Waals surface area contributed by atoms with E-state index in [1.54, 1.807) is 11.1 Å². The maximum absolute atomic E-state index is 3.42. The number of hydrogen-bond acceptors (Lipinski definition) is 0. The average molecular weight is 390 g/mol. The van der Waals surface area contributed by atoms with Crippen LogP contribution in [0.5, 0.6) is 0 Å². The summed E-state index contributed by atoms with van der Waals surface area (Å²) >= 11 is 0. The number of fused-ring (bicyclic) bond motifs is 3. The molecular weight excluding hydrogens is 348 g/mol. The Hall–Kier alpha value is -1.56. The SMILES string of the molecule is CCCCCCCCC1(CCCCCCCC)c2c[c]ccc2-c2ccccc21. The maximum atomic E-state index is 3.42. The summed E-state index contributed by atoms with van der Waals surface area (Å²) < 4.78 is 0. The van der Waals surface area contributed by atoms with Crippen LogP contribution in [0.1, 0.15) is 115 Å². The first kappa shape index (κ1) is 22.1. The zero-order valence-electron chi connectivity index (χ0n) is 18.9. The second-order valence-corrected chi connectivity index (χ2v) is 9.13. The average Bonchev–Trinajstić information content (AvgIpc) is 3.04. The Bertz CT molecular complexity index is 663. The molecule has 0 saturated carbocycles. The third-order valence-corrected chi connectivity index (χ3v) is 7.03. The van der Waals surface area contributed by atoms with E-state index in [-0.39, 0.29) is 5.41 Å². The zero-order chi connectivity index (χ0) is 20.4. The molecule has 2 aromatic carbocycles. The number of hydrogen-bond donors (Lipinski definition) is 0. The van der Waals surface area contributed by atoms with Crippen LogP contribution in [0.3, 0.4) is 0 Å². The van der Waals surface area contributed by atoms with Gasteiger partial charge in [0.05, 0.1) is 0 Å². The van der Waals surface area contributed by atoms with E-state index in [2.05, 4.69) is 62.4 Å². The topological polar surface area (TPSA) is 0 Å². The van der Waals surface area contributed by atoms with E-state index in [1.807, 2.05) is 0 Å². The molecule has 0 heteroatoms. The molecule has 0 bridgehead atoms. The van der Waals surface area contributed by atoms with Crippen molar-refractivity contribution in [2.24, 2.45) is 0 Å². The molecule has 1 aliphatic rings. The fraction of sp³-hybridized carbons (Fsp3) is 0.586. The van der Waals surface area contributed by atoms with Crippen molar-refractivity contribution in [3.8, 4) is 11.1 Å². The fourth-order valence-corrected chi connectivity index (χ4v) is 5.42. The predicted molar refractivity (Wildman–Crippen MR) is 127 cm³/mol. The van der Waals surface area contributed by atoms with Gasteiger partial charge in [0.15, 0.2) is 0 Å². The summed E-state index contributed by atoms with van der Waals surface area (Å²) in [6, 6.07) is 19.4. The van der Waals surface area contributed by atoms with E-state index in [1.165, 1.54) is 101 Å². The molecule has 0 amide bonds. The molecule has 0 fully saturated rings. The molecule has 0 saturated heterocycles. The first-order valence-corrected chi connectivity index (χ1v) is 12.4. The largest absolute Gasteiger partial charge is 0.0654 e. The molecule has 0 spiro atoms. The van der Waals surface area contributed by atoms with Gasteiger partial charge in [-0.3, -0.25) is 0 Å². The molecule has 1 aliphatic carbocycles. The lowest BCUT2D eigenvalue weighted by atomic mass is 9.70. The molecule has 0 atom stereocenters. The molecule has 157 valence electrons. The maximum Gasteiger partial charge on any atom is 0.0215 e. The molecular formula is C29H41. The van der Waals surface area contributed by atoms with Crippen LogP contribution in [0.15, 0.2) is 42.5 Å². The van der Waals surface area contributed by atoms with Gasteiger partial charge in [0.25, 0.3) is 0 Å². The van der Waals surface area contributed by atoms with Gasteiger partial charge in [0.1, 0.15) is 0 Å². The van der Waals surface area contributed by atoms with E-state index in [4.69, 9.17) is 0 Å². The summed E-state index contributed by atoms with van der Waals surface area (Å²) in [6.45, 7) is 4.61. The quantitative estimate of drug-likeness (QED) is 0.282. The highest BCUT2D eigenvalue weighted by molar-refractivity contribution is 5.80. The van der Waals surface area contributed by atoms with Crippen molar-refractivity contribution in [3.05, 3.63) is 59.7 Å². The molecule has 0 unspecified atom stereocenters. The molecule has 1 radical (unpaired) electrons. The van der Waals surface area contributed by atoms with Gasteiger partial charge in [-0.2, -0.15) is 0 Å². The minimum Gasteiger partial charge on any atom is -0.0654 e. The first-order chi connectivity index (χ1) is 14.3. The van der Waals surface area contributed by atoms with Gasteiger partial charge < -0.3 is 0 Å². The van der Waals surface area contributed by atoms with Crippen LogP contribution in [0.4, 0.5) is 0 Å². The highest BCUT2D eigenvalue weighted by Gasteiger charge is 2.41. The van der Waals surface area contributed by atoms with Gasteiger partial charge >= 0.3 is 0 Å². The second kappa shape index (κ2) is 11.6. The summed E-state index contributed by atoms with van der Waals surface area (Å²) in [7, 11) is 0. The molecule has 0 N–H and O–H groups in total. The second-order valence-electron chi connectivity index (χ2n) is 9.13. The predicted octanol–water partition coefficient (Wildman–Crippen LogP) is 9.25. The fourth-order valence-electron chi connectivity index (χ4n) is 5.42. The summed E-state index contributed by atoms with van der Waals surface area (Å²) in [5.74, 6) is 0. The highest BCUT2D eigenvalue weighted by atomic mass is 14.4. The Balaban J connectivity index is 1.75. The molecule has 0 nitrogen and oxygen atoms in total. The number of rotatable bonds is 14. The van der Waals surface area contributed by atoms with Gasteiger partial charge in [0, 0.05) is 5.41 Å². The van der Waals surface area contributed by atoms with Crippen molar-refractivity contribution in [1.82, 2.24) is 0 Å². The van der Waals surface area contributed by atoms with Crippen molar-refractivity contribution in [3.63, 3.8) is 0 Å². The number of unbranched alkanes of at least 4 members (excludes halogenated alkanes) is 10. The molecule has 2 aromatic rings. The van der Waals surface area contributed by atoms with Crippen LogP contribution in [-0.2, 0) is 5.41 Å². The molecule has 3 rings (SSSR count). The Kier molecular flexibility index (Phi) is 8.84. The lowest BCUT2D eigenvalue weighted by molar-refractivity contribution is 0.398. The van der Waals surface area contributed by atoms with E-state index in [0.29, 0.717) is 0 Å². The Morgan fingerprint density at radius 2 is 1.17 bits per heavy atom. The van der Waals surface area contributed by atoms with Gasteiger partial charge in [-0.15, -0.1) is 0 Å². The van der Waals surface area contributed by atoms with E-state index >= 15 is 0 Å². The molecule has 0 aliphatic heterocycles. The summed E-state index contributed by atoms with van der Waals surface area (Å²) in [5.41, 5.74) is 6.32. The highest BCUT2D eigenvalue weighted by Crippen LogP contribution is 2.53. The molecule has 29 heavy (non-hydrogen) atoms. The van der Waals surface area contributed by atoms with E-state index in [0.717, 1.165) is 0 Å². The number of benzene rings is 2. The van der Waals surface area contributed by atoms with Crippen LogP contribution in [0.2, 0.25) is 0 Å². The minimum atomic E-state index is 0.221. The molecule has 0 heterocycles. The Morgan fingerprint density at radius 1 is 0.621 bits per heavy atom. The minimum absolute atomic E-state index is 0.221.